The highest BCUT2D eigenvalue weighted by Crippen LogP contribution is 2.10. The van der Waals surface area contributed by atoms with E-state index in [4.69, 9.17) is 4.74 Å². The fourth-order valence-corrected chi connectivity index (χ4v) is 1.46. The highest BCUT2D eigenvalue weighted by molar-refractivity contribution is 5.79. The van der Waals surface area contributed by atoms with E-state index in [1.807, 2.05) is 0 Å². The van der Waals surface area contributed by atoms with Crippen molar-refractivity contribution in [3.05, 3.63) is 35.1 Å². The maximum atomic E-state index is 13.3. The third-order valence-electron chi connectivity index (χ3n) is 2.31. The number of halogens is 1. The van der Waals surface area contributed by atoms with Crippen molar-refractivity contribution in [2.45, 2.75) is 32.8 Å². The van der Waals surface area contributed by atoms with Gasteiger partial charge in [-0.2, -0.15) is 0 Å². The Morgan fingerprint density at radius 2 is 2.14 bits per heavy atom. The molecule has 0 aliphatic heterocycles. The fourth-order valence-electron chi connectivity index (χ4n) is 1.46. The van der Waals surface area contributed by atoms with Crippen molar-refractivity contribution >= 4 is 12.4 Å². The summed E-state index contributed by atoms with van der Waals surface area (Å²) >= 11 is 0. The summed E-state index contributed by atoms with van der Waals surface area (Å²) in [5, 5.41) is 2.56. The van der Waals surface area contributed by atoms with Crippen LogP contribution in [0, 0.1) is 17.7 Å². The summed E-state index contributed by atoms with van der Waals surface area (Å²) in [6, 6.07) is 4.27. The van der Waals surface area contributed by atoms with Gasteiger partial charge in [0, 0.05) is 18.5 Å². The average molecular weight is 291 g/mol. The molecular weight excluding hydrogens is 273 g/mol. The molecule has 0 aromatic heterocycles. The van der Waals surface area contributed by atoms with Crippen LogP contribution in [0.25, 0.3) is 0 Å². The predicted molar refractivity (Wildman–Crippen MR) is 77.5 cm³/mol. The third kappa shape index (κ3) is 6.09. The lowest BCUT2D eigenvalue weighted by Crippen LogP contribution is -2.32. The number of rotatable bonds is 3. The van der Waals surface area contributed by atoms with E-state index in [0.29, 0.717) is 24.8 Å². The predicted octanol–water partition coefficient (Wildman–Crippen LogP) is 2.90. The van der Waals surface area contributed by atoms with E-state index in [2.05, 4.69) is 17.2 Å². The number of amides is 1. The summed E-state index contributed by atoms with van der Waals surface area (Å²) in [6.07, 6.45) is 0.301. The Balaban J connectivity index is 2.50. The SMILES string of the molecule is CC(C)(C)OC(=O)NCCC#Cc1cccc(F)c1C=O. The van der Waals surface area contributed by atoms with Crippen molar-refractivity contribution in [1.82, 2.24) is 5.32 Å². The number of hydrogen-bond acceptors (Lipinski definition) is 3. The minimum atomic E-state index is -0.594. The lowest BCUT2D eigenvalue weighted by molar-refractivity contribution is 0.0529. The summed E-state index contributed by atoms with van der Waals surface area (Å²) in [4.78, 5) is 22.1. The molecule has 0 aliphatic rings. The largest absolute Gasteiger partial charge is 0.444 e. The van der Waals surface area contributed by atoms with Gasteiger partial charge in [-0.1, -0.05) is 17.9 Å². The first-order valence-electron chi connectivity index (χ1n) is 6.53. The van der Waals surface area contributed by atoms with Crippen molar-refractivity contribution in [3.8, 4) is 11.8 Å². The molecular formula is C16H18FNO3. The van der Waals surface area contributed by atoms with Crippen LogP contribution in [-0.2, 0) is 4.74 Å². The van der Waals surface area contributed by atoms with Crippen LogP contribution in [0.5, 0.6) is 0 Å². The van der Waals surface area contributed by atoms with Gasteiger partial charge in [0.05, 0.1) is 5.56 Å². The maximum Gasteiger partial charge on any atom is 0.407 e. The van der Waals surface area contributed by atoms with Crippen LogP contribution in [0.3, 0.4) is 0 Å². The number of nitrogens with one attached hydrogen (secondary N) is 1. The average Bonchev–Trinajstić information content (AvgIpc) is 2.36. The molecule has 0 saturated heterocycles. The molecule has 1 N–H and O–H groups in total. The molecule has 1 aromatic carbocycles. The maximum absolute atomic E-state index is 13.3. The Kier molecular flexibility index (Phi) is 5.92. The summed E-state index contributed by atoms with van der Waals surface area (Å²) in [7, 11) is 0. The van der Waals surface area contributed by atoms with Crippen LogP contribution in [0.1, 0.15) is 43.1 Å². The summed E-state index contributed by atoms with van der Waals surface area (Å²) in [5.41, 5.74) is -0.261. The number of ether oxygens (including phenoxy) is 1. The number of hydrogen-bond donors (Lipinski definition) is 1. The molecule has 21 heavy (non-hydrogen) atoms. The van der Waals surface area contributed by atoms with Gasteiger partial charge >= 0.3 is 6.09 Å². The van der Waals surface area contributed by atoms with E-state index < -0.39 is 17.5 Å². The molecule has 0 spiro atoms. The molecule has 112 valence electrons. The Bertz CT molecular complexity index is 579. The monoisotopic (exact) mass is 291 g/mol. The first-order chi connectivity index (χ1) is 9.83. The zero-order valence-electron chi connectivity index (χ0n) is 12.3. The lowest BCUT2D eigenvalue weighted by Gasteiger charge is -2.19. The highest BCUT2D eigenvalue weighted by Gasteiger charge is 2.15. The van der Waals surface area contributed by atoms with Gasteiger partial charge in [0.25, 0.3) is 0 Å². The Morgan fingerprint density at radius 3 is 2.76 bits per heavy atom. The molecule has 1 aromatic rings. The Morgan fingerprint density at radius 1 is 1.43 bits per heavy atom. The molecule has 0 unspecified atom stereocenters. The van der Waals surface area contributed by atoms with E-state index in [1.54, 1.807) is 26.8 Å². The van der Waals surface area contributed by atoms with E-state index in [9.17, 15) is 14.0 Å². The van der Waals surface area contributed by atoms with Crippen LogP contribution in [0.4, 0.5) is 9.18 Å². The third-order valence-corrected chi connectivity index (χ3v) is 2.31. The summed E-state index contributed by atoms with van der Waals surface area (Å²) in [5.74, 6) is 4.90. The number of benzene rings is 1. The van der Waals surface area contributed by atoms with Gasteiger partial charge < -0.3 is 10.1 Å². The number of alkyl carbamates (subject to hydrolysis) is 1. The van der Waals surface area contributed by atoms with Crippen LogP contribution in [0.2, 0.25) is 0 Å². The summed E-state index contributed by atoms with van der Waals surface area (Å²) < 4.78 is 18.4. The minimum Gasteiger partial charge on any atom is -0.444 e. The molecule has 0 fully saturated rings. The molecule has 0 radical (unpaired) electrons. The van der Waals surface area contributed by atoms with Crippen molar-refractivity contribution in [3.63, 3.8) is 0 Å². The molecule has 5 heteroatoms. The van der Waals surface area contributed by atoms with Gasteiger partial charge in [-0.3, -0.25) is 4.79 Å². The molecule has 4 nitrogen and oxygen atoms in total. The highest BCUT2D eigenvalue weighted by atomic mass is 19.1. The van der Waals surface area contributed by atoms with Gasteiger partial charge in [0.1, 0.15) is 11.4 Å². The van der Waals surface area contributed by atoms with Crippen molar-refractivity contribution in [2.75, 3.05) is 6.54 Å². The second-order valence-electron chi connectivity index (χ2n) is 5.30. The van der Waals surface area contributed by atoms with E-state index in [1.165, 1.54) is 12.1 Å². The molecule has 0 heterocycles. The zero-order valence-corrected chi connectivity index (χ0v) is 12.3. The molecule has 1 amide bonds. The van der Waals surface area contributed by atoms with Gasteiger partial charge in [0.15, 0.2) is 6.29 Å². The van der Waals surface area contributed by atoms with Gasteiger partial charge in [0.2, 0.25) is 0 Å². The zero-order chi connectivity index (χ0) is 15.9. The molecule has 0 aliphatic carbocycles. The van der Waals surface area contributed by atoms with E-state index >= 15 is 0 Å². The van der Waals surface area contributed by atoms with Gasteiger partial charge in [-0.15, -0.1) is 0 Å². The Hall–Kier alpha value is -2.35. The fraction of sp³-hybridized carbons (Fsp3) is 0.375. The molecule has 0 saturated carbocycles. The topological polar surface area (TPSA) is 55.4 Å². The Labute approximate surface area is 123 Å². The quantitative estimate of drug-likeness (QED) is 0.529. The van der Waals surface area contributed by atoms with E-state index in [-0.39, 0.29) is 5.56 Å². The van der Waals surface area contributed by atoms with Crippen molar-refractivity contribution in [2.24, 2.45) is 0 Å². The number of carbonyl (C=O) groups is 2. The van der Waals surface area contributed by atoms with Crippen molar-refractivity contribution < 1.29 is 18.7 Å². The van der Waals surface area contributed by atoms with Gasteiger partial charge in [-0.05, 0) is 32.9 Å². The summed E-state index contributed by atoms with van der Waals surface area (Å²) in [6.45, 7) is 5.64. The van der Waals surface area contributed by atoms with Crippen LogP contribution in [0.15, 0.2) is 18.2 Å². The first-order valence-corrected chi connectivity index (χ1v) is 6.53. The van der Waals surface area contributed by atoms with E-state index in [0.717, 1.165) is 0 Å². The van der Waals surface area contributed by atoms with Crippen LogP contribution < -0.4 is 5.32 Å². The number of aldehydes is 1. The second kappa shape index (κ2) is 7.44. The first kappa shape index (κ1) is 16.7. The molecule has 0 bridgehead atoms. The van der Waals surface area contributed by atoms with Crippen LogP contribution in [-0.4, -0.2) is 24.5 Å². The molecule has 1 rings (SSSR count). The normalized spacial score (nSPS) is 10.3. The van der Waals surface area contributed by atoms with Crippen molar-refractivity contribution in [1.29, 1.82) is 0 Å². The molecule has 0 atom stereocenters. The van der Waals surface area contributed by atoms with Crippen LogP contribution >= 0.6 is 0 Å². The second-order valence-corrected chi connectivity index (χ2v) is 5.30. The lowest BCUT2D eigenvalue weighted by atomic mass is 10.1. The number of carbonyl (C=O) groups excluding carboxylic acids is 2. The smallest absolute Gasteiger partial charge is 0.407 e. The standard InChI is InChI=1S/C16H18FNO3/c1-16(2,3)21-15(20)18-10-5-4-7-12-8-6-9-14(17)13(12)11-19/h6,8-9,11H,5,10H2,1-3H3,(H,18,20). The minimum absolute atomic E-state index is 0.0508. The van der Waals surface area contributed by atoms with Gasteiger partial charge in [-0.25, -0.2) is 9.18 Å².